The summed E-state index contributed by atoms with van der Waals surface area (Å²) in [6.45, 7) is 9.62. The predicted octanol–water partition coefficient (Wildman–Crippen LogP) is 7.00. The van der Waals surface area contributed by atoms with Crippen molar-refractivity contribution in [1.29, 1.82) is 0 Å². The molecule has 0 unspecified atom stereocenters. The zero-order chi connectivity index (χ0) is 20.2. The molecular formula is C26H30ClSn. The van der Waals surface area contributed by atoms with Gasteiger partial charge >= 0.3 is 183 Å². The Hall–Kier alpha value is -1.25. The van der Waals surface area contributed by atoms with Gasteiger partial charge in [-0.3, -0.25) is 0 Å². The number of hydrogen-bond donors (Lipinski definition) is 0. The van der Waals surface area contributed by atoms with E-state index in [1.54, 1.807) is 0 Å². The third-order valence-electron chi connectivity index (χ3n) is 5.65. The van der Waals surface area contributed by atoms with E-state index in [2.05, 4.69) is 107 Å². The van der Waals surface area contributed by atoms with Crippen molar-refractivity contribution in [1.82, 2.24) is 0 Å². The van der Waals surface area contributed by atoms with E-state index < -0.39 is 19.8 Å². The zero-order valence-corrected chi connectivity index (χ0v) is 21.0. The van der Waals surface area contributed by atoms with Crippen molar-refractivity contribution in [2.24, 2.45) is 0 Å². The molecule has 0 aliphatic heterocycles. The van der Waals surface area contributed by atoms with Crippen LogP contribution in [0, 0.1) is 0 Å². The van der Waals surface area contributed by atoms with Gasteiger partial charge in [0.15, 0.2) is 0 Å². The van der Waals surface area contributed by atoms with Crippen molar-refractivity contribution in [2.75, 3.05) is 0 Å². The van der Waals surface area contributed by atoms with E-state index in [4.69, 9.17) is 11.6 Å². The third-order valence-corrected chi connectivity index (χ3v) is 16.6. The minimum atomic E-state index is -2.01. The molecule has 0 spiro atoms. The zero-order valence-electron chi connectivity index (χ0n) is 17.4. The van der Waals surface area contributed by atoms with E-state index in [9.17, 15) is 0 Å². The summed E-state index contributed by atoms with van der Waals surface area (Å²) in [4.78, 5) is 0. The van der Waals surface area contributed by atoms with Crippen molar-refractivity contribution in [3.8, 4) is 0 Å². The minimum absolute atomic E-state index is 0.172. The number of rotatable bonds is 7. The summed E-state index contributed by atoms with van der Waals surface area (Å²) in [6, 6.07) is 30.6. The van der Waals surface area contributed by atoms with Gasteiger partial charge in [-0.2, -0.15) is 0 Å². The van der Waals surface area contributed by atoms with E-state index in [1.165, 1.54) is 23.6 Å². The second kappa shape index (κ2) is 9.05. The summed E-state index contributed by atoms with van der Waals surface area (Å²) < 4.78 is 4.08. The predicted molar refractivity (Wildman–Crippen MR) is 125 cm³/mol. The molecule has 28 heavy (non-hydrogen) atoms. The van der Waals surface area contributed by atoms with E-state index in [0.717, 1.165) is 5.02 Å². The molecule has 1 radical (unpaired) electrons. The third kappa shape index (κ3) is 5.42. The molecule has 0 saturated heterocycles. The molecule has 3 aromatic carbocycles. The SMILES string of the molecule is CC(C)([CH2][Sn]([CH2]C(C)(C)c1ccccc1)[c]1cccc(Cl)c1)c1ccccc1. The Morgan fingerprint density at radius 2 is 1.11 bits per heavy atom. The molecule has 0 saturated carbocycles. The first-order valence-electron chi connectivity index (χ1n) is 10.00. The fraction of sp³-hybridized carbons (Fsp3) is 0.308. The normalized spacial score (nSPS) is 12.4. The van der Waals surface area contributed by atoms with Crippen molar-refractivity contribution in [3.05, 3.63) is 101 Å². The number of halogens is 1. The monoisotopic (exact) mass is 497 g/mol. The van der Waals surface area contributed by atoms with Crippen LogP contribution in [0.2, 0.25) is 13.9 Å². The van der Waals surface area contributed by atoms with Gasteiger partial charge < -0.3 is 0 Å². The maximum absolute atomic E-state index is 6.40. The molecule has 0 aliphatic rings. The van der Waals surface area contributed by atoms with Crippen LogP contribution in [-0.4, -0.2) is 19.8 Å². The van der Waals surface area contributed by atoms with Crippen molar-refractivity contribution >= 4 is 34.9 Å². The van der Waals surface area contributed by atoms with Crippen LogP contribution in [0.4, 0.5) is 0 Å². The molecule has 145 valence electrons. The Labute approximate surface area is 182 Å². The number of hydrogen-bond acceptors (Lipinski definition) is 0. The first kappa shape index (κ1) is 21.5. The van der Waals surface area contributed by atoms with E-state index in [-0.39, 0.29) is 10.8 Å². The molecule has 0 aromatic heterocycles. The Morgan fingerprint density at radius 1 is 0.643 bits per heavy atom. The quantitative estimate of drug-likeness (QED) is 0.309. The van der Waals surface area contributed by atoms with Crippen LogP contribution in [0.15, 0.2) is 84.9 Å². The molecular weight excluding hydrogens is 466 g/mol. The summed E-state index contributed by atoms with van der Waals surface area (Å²) in [7, 11) is 0. The average molecular weight is 497 g/mol. The summed E-state index contributed by atoms with van der Waals surface area (Å²) in [5, 5.41) is 0.866. The van der Waals surface area contributed by atoms with Gasteiger partial charge in [0.1, 0.15) is 0 Å². The number of benzene rings is 3. The molecule has 3 aromatic rings. The standard InChI is InChI=1S/2C10H13.C6H4Cl.Sn/c2*1-10(2,3)9-7-5-4-6-8-9;7-6-4-2-1-3-5-6;/h2*4-8H,1H2,2-3H3;1-2,4-5H;. The van der Waals surface area contributed by atoms with Gasteiger partial charge in [0.2, 0.25) is 0 Å². The molecule has 2 heteroatoms. The Kier molecular flexibility index (Phi) is 6.93. The van der Waals surface area contributed by atoms with Crippen LogP contribution < -0.4 is 3.58 Å². The van der Waals surface area contributed by atoms with Gasteiger partial charge in [-0.15, -0.1) is 0 Å². The summed E-state index contributed by atoms with van der Waals surface area (Å²) in [5.74, 6) is 0. The van der Waals surface area contributed by atoms with E-state index in [1.807, 2.05) is 6.07 Å². The molecule has 0 heterocycles. The average Bonchev–Trinajstić information content (AvgIpc) is 2.68. The van der Waals surface area contributed by atoms with Gasteiger partial charge in [-0.05, 0) is 0 Å². The molecule has 3 rings (SSSR count). The Bertz CT molecular complexity index is 831. The van der Waals surface area contributed by atoms with Crippen molar-refractivity contribution in [3.63, 3.8) is 0 Å². The van der Waals surface area contributed by atoms with Crippen LogP contribution in [0.5, 0.6) is 0 Å². The van der Waals surface area contributed by atoms with Crippen molar-refractivity contribution < 1.29 is 0 Å². The second-order valence-corrected chi connectivity index (χ2v) is 16.5. The molecule has 0 aliphatic carbocycles. The first-order chi connectivity index (χ1) is 13.3. The van der Waals surface area contributed by atoms with Crippen LogP contribution in [0.25, 0.3) is 0 Å². The Balaban J connectivity index is 1.94. The molecule has 0 bridgehead atoms. The fourth-order valence-electron chi connectivity index (χ4n) is 4.02. The van der Waals surface area contributed by atoms with Gasteiger partial charge in [-0.25, -0.2) is 0 Å². The molecule has 0 atom stereocenters. The van der Waals surface area contributed by atoms with Crippen molar-refractivity contribution in [2.45, 2.75) is 47.4 Å². The molecule has 0 amide bonds. The van der Waals surface area contributed by atoms with Crippen LogP contribution in [0.1, 0.15) is 38.8 Å². The van der Waals surface area contributed by atoms with Crippen LogP contribution >= 0.6 is 11.6 Å². The topological polar surface area (TPSA) is 0 Å². The van der Waals surface area contributed by atoms with E-state index >= 15 is 0 Å². The van der Waals surface area contributed by atoms with Gasteiger partial charge in [0.05, 0.1) is 0 Å². The summed E-state index contributed by atoms with van der Waals surface area (Å²) >= 11 is 4.39. The molecule has 0 nitrogen and oxygen atoms in total. The maximum atomic E-state index is 6.40. The van der Waals surface area contributed by atoms with E-state index in [0.29, 0.717) is 0 Å². The second-order valence-electron chi connectivity index (χ2n) is 8.97. The first-order valence-corrected chi connectivity index (χ1v) is 15.8. The van der Waals surface area contributed by atoms with Gasteiger partial charge in [-0.1, -0.05) is 0 Å². The summed E-state index contributed by atoms with van der Waals surface area (Å²) in [6.07, 6.45) is 0. The molecule has 0 N–H and O–H groups in total. The Morgan fingerprint density at radius 3 is 1.54 bits per heavy atom. The van der Waals surface area contributed by atoms with Gasteiger partial charge in [0, 0.05) is 0 Å². The van der Waals surface area contributed by atoms with Gasteiger partial charge in [0.25, 0.3) is 0 Å². The summed E-state index contributed by atoms with van der Waals surface area (Å²) in [5.41, 5.74) is 3.22. The molecule has 0 fully saturated rings. The fourth-order valence-corrected chi connectivity index (χ4v) is 15.2. The van der Waals surface area contributed by atoms with Crippen LogP contribution in [0.3, 0.4) is 0 Å². The van der Waals surface area contributed by atoms with Crippen LogP contribution in [-0.2, 0) is 10.8 Å².